The lowest BCUT2D eigenvalue weighted by Gasteiger charge is -2.42. The highest BCUT2D eigenvalue weighted by Gasteiger charge is 2.45. The Morgan fingerprint density at radius 2 is 1.71 bits per heavy atom. The van der Waals surface area contributed by atoms with Crippen molar-refractivity contribution in [3.8, 4) is 0 Å². The second-order valence-electron chi connectivity index (χ2n) is 11.9. The maximum absolute atomic E-state index is 14.8. The summed E-state index contributed by atoms with van der Waals surface area (Å²) in [6, 6.07) is 3.59. The molecule has 3 aliphatic rings. The van der Waals surface area contributed by atoms with Crippen LogP contribution in [-0.4, -0.2) is 70.8 Å². The summed E-state index contributed by atoms with van der Waals surface area (Å²) in [5.41, 5.74) is 0.241. The molecule has 0 radical (unpaired) electrons. The summed E-state index contributed by atoms with van der Waals surface area (Å²) in [6.07, 6.45) is 6.63. The van der Waals surface area contributed by atoms with E-state index in [2.05, 4.69) is 25.7 Å². The summed E-state index contributed by atoms with van der Waals surface area (Å²) in [4.78, 5) is 32.8. The van der Waals surface area contributed by atoms with E-state index in [0.29, 0.717) is 50.6 Å². The van der Waals surface area contributed by atoms with Gasteiger partial charge in [0.05, 0.1) is 5.92 Å². The van der Waals surface area contributed by atoms with Crippen LogP contribution in [0.2, 0.25) is 0 Å². The Bertz CT molecular complexity index is 925. The Labute approximate surface area is 208 Å². The zero-order valence-electron chi connectivity index (χ0n) is 21.7. The van der Waals surface area contributed by atoms with Gasteiger partial charge in [0.15, 0.2) is 0 Å². The zero-order valence-corrected chi connectivity index (χ0v) is 21.7. The summed E-state index contributed by atoms with van der Waals surface area (Å²) in [5.74, 6) is -1.21. The van der Waals surface area contributed by atoms with Crippen molar-refractivity contribution in [1.82, 2.24) is 14.7 Å². The summed E-state index contributed by atoms with van der Waals surface area (Å²) in [6.45, 7) is 11.0. The van der Waals surface area contributed by atoms with E-state index in [1.807, 2.05) is 16.7 Å². The number of carbonyl (C=O) groups excluding carboxylic acids is 2. The molecule has 0 N–H and O–H groups in total. The van der Waals surface area contributed by atoms with Gasteiger partial charge in [-0.25, -0.2) is 8.78 Å². The molecule has 1 aliphatic carbocycles. The van der Waals surface area contributed by atoms with E-state index in [-0.39, 0.29) is 29.3 Å². The van der Waals surface area contributed by atoms with E-state index in [1.54, 1.807) is 0 Å². The SMILES string of the molecule is C[C@H]1CN(C(=O)CC2CCCCC2)CCN1C(=O)[C@@H]1CN(C(C)(C)C)C[C@H]1c1ccc(F)cc1F. The molecular formula is C28H41F2N3O2. The van der Waals surface area contributed by atoms with Crippen LogP contribution in [0.15, 0.2) is 18.2 Å². The van der Waals surface area contributed by atoms with Crippen molar-refractivity contribution in [3.63, 3.8) is 0 Å². The van der Waals surface area contributed by atoms with Crippen LogP contribution in [0.5, 0.6) is 0 Å². The summed E-state index contributed by atoms with van der Waals surface area (Å²) < 4.78 is 28.4. The fourth-order valence-electron chi connectivity index (χ4n) is 6.21. The van der Waals surface area contributed by atoms with Crippen LogP contribution in [0.25, 0.3) is 0 Å². The third-order valence-electron chi connectivity index (χ3n) is 8.40. The molecule has 1 saturated carbocycles. The largest absolute Gasteiger partial charge is 0.339 e. The lowest BCUT2D eigenvalue weighted by Crippen LogP contribution is -2.57. The molecule has 4 rings (SSSR count). The molecule has 0 spiro atoms. The van der Waals surface area contributed by atoms with E-state index in [9.17, 15) is 18.4 Å². The number of carbonyl (C=O) groups is 2. The molecule has 1 aromatic carbocycles. The normalized spacial score (nSPS) is 26.9. The molecule has 5 nitrogen and oxygen atoms in total. The third kappa shape index (κ3) is 5.87. The number of hydrogen-bond acceptors (Lipinski definition) is 3. The van der Waals surface area contributed by atoms with E-state index < -0.39 is 17.6 Å². The van der Waals surface area contributed by atoms with Gasteiger partial charge < -0.3 is 9.80 Å². The number of amides is 2. The van der Waals surface area contributed by atoms with Crippen LogP contribution < -0.4 is 0 Å². The number of halogens is 2. The van der Waals surface area contributed by atoms with Gasteiger partial charge in [-0.05, 0) is 58.1 Å². The van der Waals surface area contributed by atoms with Crippen molar-refractivity contribution in [2.45, 2.75) is 83.7 Å². The van der Waals surface area contributed by atoms with Gasteiger partial charge in [0, 0.05) is 62.7 Å². The fourth-order valence-corrected chi connectivity index (χ4v) is 6.21. The van der Waals surface area contributed by atoms with Gasteiger partial charge in [0.25, 0.3) is 0 Å². The molecule has 2 amide bonds. The number of rotatable bonds is 4. The number of benzene rings is 1. The Balaban J connectivity index is 1.46. The second kappa shape index (κ2) is 10.5. The maximum atomic E-state index is 14.8. The molecule has 2 aliphatic heterocycles. The first-order chi connectivity index (χ1) is 16.5. The Morgan fingerprint density at radius 1 is 1.00 bits per heavy atom. The molecule has 3 fully saturated rings. The van der Waals surface area contributed by atoms with Crippen molar-refractivity contribution in [2.75, 3.05) is 32.7 Å². The van der Waals surface area contributed by atoms with Gasteiger partial charge in [-0.3, -0.25) is 14.5 Å². The number of piperazine rings is 1. The lowest BCUT2D eigenvalue weighted by atomic mass is 9.86. The molecule has 0 aromatic heterocycles. The molecule has 0 bridgehead atoms. The summed E-state index contributed by atoms with van der Waals surface area (Å²) in [5, 5.41) is 0. The van der Waals surface area contributed by atoms with Crippen molar-refractivity contribution >= 4 is 11.8 Å². The molecule has 1 aromatic rings. The van der Waals surface area contributed by atoms with Crippen molar-refractivity contribution in [2.24, 2.45) is 11.8 Å². The Morgan fingerprint density at radius 3 is 2.34 bits per heavy atom. The van der Waals surface area contributed by atoms with Gasteiger partial charge in [-0.15, -0.1) is 0 Å². The van der Waals surface area contributed by atoms with Crippen molar-refractivity contribution in [1.29, 1.82) is 0 Å². The monoisotopic (exact) mass is 489 g/mol. The lowest BCUT2D eigenvalue weighted by molar-refractivity contribution is -0.145. The maximum Gasteiger partial charge on any atom is 0.228 e. The molecule has 194 valence electrons. The molecular weight excluding hydrogens is 448 g/mol. The second-order valence-corrected chi connectivity index (χ2v) is 11.9. The molecule has 35 heavy (non-hydrogen) atoms. The highest BCUT2D eigenvalue weighted by Crippen LogP contribution is 2.39. The predicted octanol–water partition coefficient (Wildman–Crippen LogP) is 4.81. The molecule has 0 unspecified atom stereocenters. The van der Waals surface area contributed by atoms with Gasteiger partial charge >= 0.3 is 0 Å². The van der Waals surface area contributed by atoms with E-state index >= 15 is 0 Å². The molecule has 7 heteroatoms. The quantitative estimate of drug-likeness (QED) is 0.610. The summed E-state index contributed by atoms with van der Waals surface area (Å²) >= 11 is 0. The van der Waals surface area contributed by atoms with E-state index in [1.165, 1.54) is 31.4 Å². The van der Waals surface area contributed by atoms with Crippen LogP contribution in [-0.2, 0) is 9.59 Å². The van der Waals surface area contributed by atoms with Crippen LogP contribution >= 0.6 is 0 Å². The number of likely N-dealkylation sites (tertiary alicyclic amines) is 1. The first-order valence-corrected chi connectivity index (χ1v) is 13.3. The van der Waals surface area contributed by atoms with Gasteiger partial charge in [-0.2, -0.15) is 0 Å². The highest BCUT2D eigenvalue weighted by atomic mass is 19.1. The third-order valence-corrected chi connectivity index (χ3v) is 8.40. The first-order valence-electron chi connectivity index (χ1n) is 13.3. The minimum absolute atomic E-state index is 0.0114. The van der Waals surface area contributed by atoms with E-state index in [4.69, 9.17) is 0 Å². The fraction of sp³-hybridized carbons (Fsp3) is 0.714. The smallest absolute Gasteiger partial charge is 0.228 e. The predicted molar refractivity (Wildman–Crippen MR) is 133 cm³/mol. The topological polar surface area (TPSA) is 43.9 Å². The zero-order chi connectivity index (χ0) is 25.3. The minimum Gasteiger partial charge on any atom is -0.339 e. The van der Waals surface area contributed by atoms with Crippen molar-refractivity contribution < 1.29 is 18.4 Å². The number of nitrogens with zero attached hydrogens (tertiary/aromatic N) is 3. The molecule has 2 saturated heterocycles. The minimum atomic E-state index is -0.609. The molecule has 2 heterocycles. The standard InChI is InChI=1S/C28H41F2N3O2/c1-19-16-31(26(34)14-20-8-6-5-7-9-20)12-13-33(19)27(35)24-18-32(28(2,3)4)17-23(24)22-11-10-21(29)15-25(22)30/h10-11,15,19-20,23-24H,5-9,12-14,16-18H2,1-4H3/t19-,23-,24+/m0/s1. The van der Waals surface area contributed by atoms with Crippen LogP contribution in [0.3, 0.4) is 0 Å². The van der Waals surface area contributed by atoms with Gasteiger partial charge in [0.1, 0.15) is 11.6 Å². The van der Waals surface area contributed by atoms with Crippen LogP contribution in [0, 0.1) is 23.5 Å². The van der Waals surface area contributed by atoms with Crippen LogP contribution in [0.1, 0.15) is 77.7 Å². The van der Waals surface area contributed by atoms with Crippen molar-refractivity contribution in [3.05, 3.63) is 35.4 Å². The average Bonchev–Trinajstić information content (AvgIpc) is 3.25. The Hall–Kier alpha value is -2.02. The van der Waals surface area contributed by atoms with Crippen LogP contribution in [0.4, 0.5) is 8.78 Å². The van der Waals surface area contributed by atoms with Gasteiger partial charge in [-0.1, -0.05) is 25.3 Å². The Kier molecular flexibility index (Phi) is 7.84. The summed E-state index contributed by atoms with van der Waals surface area (Å²) in [7, 11) is 0. The first kappa shape index (κ1) is 26.1. The molecule has 3 atom stereocenters. The van der Waals surface area contributed by atoms with Gasteiger partial charge in [0.2, 0.25) is 11.8 Å². The highest BCUT2D eigenvalue weighted by molar-refractivity contribution is 5.82. The number of hydrogen-bond donors (Lipinski definition) is 0. The average molecular weight is 490 g/mol. The van der Waals surface area contributed by atoms with E-state index in [0.717, 1.165) is 18.9 Å².